The van der Waals surface area contributed by atoms with E-state index < -0.39 is 6.04 Å². The topological polar surface area (TPSA) is 52.7 Å². The van der Waals surface area contributed by atoms with E-state index in [1.165, 1.54) is 30.6 Å². The van der Waals surface area contributed by atoms with Crippen LogP contribution in [0.25, 0.3) is 0 Å². The summed E-state index contributed by atoms with van der Waals surface area (Å²) in [5.41, 5.74) is 0. The normalized spacial score (nSPS) is 17.5. The van der Waals surface area contributed by atoms with E-state index in [1.54, 1.807) is 21.0 Å². The molecule has 1 aliphatic carbocycles. The van der Waals surface area contributed by atoms with Gasteiger partial charge in [-0.2, -0.15) is 0 Å². The average Bonchev–Trinajstić information content (AvgIpc) is 2.88. The lowest BCUT2D eigenvalue weighted by molar-refractivity contribution is -0.134. The molecule has 0 aromatic carbocycles. The number of nitrogens with one attached hydrogen (secondary N) is 1. The molecule has 110 valence electrons. The lowest BCUT2D eigenvalue weighted by Crippen LogP contribution is -2.48. The highest BCUT2D eigenvalue weighted by atomic mass is 16.2. The largest absolute Gasteiger partial charge is 0.347 e. The van der Waals surface area contributed by atoms with Crippen LogP contribution in [0.4, 0.5) is 0 Å². The van der Waals surface area contributed by atoms with Crippen molar-refractivity contribution in [1.82, 2.24) is 15.1 Å². The molecule has 0 aliphatic heterocycles. The lowest BCUT2D eigenvalue weighted by atomic mass is 10.2. The molecular formula is C14H27N3O2. The molecule has 5 nitrogen and oxygen atoms in total. The summed E-state index contributed by atoms with van der Waals surface area (Å²) in [6.07, 6.45) is 4.90. The maximum Gasteiger partial charge on any atom is 0.244 e. The minimum atomic E-state index is -0.454. The lowest BCUT2D eigenvalue weighted by Gasteiger charge is -2.27. The van der Waals surface area contributed by atoms with Crippen molar-refractivity contribution >= 4 is 11.8 Å². The van der Waals surface area contributed by atoms with Crippen LogP contribution < -0.4 is 5.32 Å². The second kappa shape index (κ2) is 7.48. The van der Waals surface area contributed by atoms with Gasteiger partial charge < -0.3 is 10.2 Å². The zero-order chi connectivity index (χ0) is 14.4. The van der Waals surface area contributed by atoms with Crippen LogP contribution in [-0.4, -0.2) is 60.9 Å². The molecule has 1 saturated carbocycles. The van der Waals surface area contributed by atoms with Gasteiger partial charge in [-0.15, -0.1) is 0 Å². The molecule has 0 saturated heterocycles. The summed E-state index contributed by atoms with van der Waals surface area (Å²) in [4.78, 5) is 27.4. The number of nitrogens with zero attached hydrogens (tertiary/aromatic N) is 2. The maximum atomic E-state index is 12.0. The van der Waals surface area contributed by atoms with Crippen LogP contribution in [0.3, 0.4) is 0 Å². The van der Waals surface area contributed by atoms with Crippen molar-refractivity contribution < 1.29 is 9.59 Å². The van der Waals surface area contributed by atoms with Gasteiger partial charge in [0.05, 0.1) is 6.54 Å². The Morgan fingerprint density at radius 1 is 1.26 bits per heavy atom. The fourth-order valence-corrected chi connectivity index (χ4v) is 2.69. The van der Waals surface area contributed by atoms with Crippen molar-refractivity contribution in [1.29, 1.82) is 0 Å². The number of hydrogen-bond donors (Lipinski definition) is 1. The first-order valence-electron chi connectivity index (χ1n) is 7.20. The van der Waals surface area contributed by atoms with Crippen LogP contribution in [-0.2, 0) is 9.59 Å². The molecular weight excluding hydrogens is 242 g/mol. The Kier molecular flexibility index (Phi) is 6.28. The van der Waals surface area contributed by atoms with Crippen molar-refractivity contribution in [2.75, 3.05) is 27.2 Å². The molecule has 0 spiro atoms. The van der Waals surface area contributed by atoms with Crippen molar-refractivity contribution in [3.63, 3.8) is 0 Å². The first kappa shape index (κ1) is 16.0. The molecule has 19 heavy (non-hydrogen) atoms. The van der Waals surface area contributed by atoms with Gasteiger partial charge in [0.2, 0.25) is 11.8 Å². The van der Waals surface area contributed by atoms with Crippen LogP contribution >= 0.6 is 0 Å². The van der Waals surface area contributed by atoms with Gasteiger partial charge in [0, 0.05) is 20.1 Å². The summed E-state index contributed by atoms with van der Waals surface area (Å²) in [6.45, 7) is 5.09. The van der Waals surface area contributed by atoms with Crippen molar-refractivity contribution in [3.8, 4) is 0 Å². The van der Waals surface area contributed by atoms with Crippen LogP contribution in [0.5, 0.6) is 0 Å². The smallest absolute Gasteiger partial charge is 0.244 e. The van der Waals surface area contributed by atoms with Gasteiger partial charge >= 0.3 is 0 Å². The van der Waals surface area contributed by atoms with E-state index in [9.17, 15) is 9.59 Å². The van der Waals surface area contributed by atoms with E-state index in [0.29, 0.717) is 12.6 Å². The van der Waals surface area contributed by atoms with Gasteiger partial charge in [-0.25, -0.2) is 0 Å². The number of amides is 2. The summed E-state index contributed by atoms with van der Waals surface area (Å²) in [5, 5.41) is 2.78. The number of rotatable bonds is 6. The number of carbonyl (C=O) groups excluding carboxylic acids is 2. The quantitative estimate of drug-likeness (QED) is 0.777. The van der Waals surface area contributed by atoms with E-state index in [4.69, 9.17) is 0 Å². The molecule has 0 aromatic heterocycles. The minimum Gasteiger partial charge on any atom is -0.347 e. The summed E-state index contributed by atoms with van der Waals surface area (Å²) < 4.78 is 0. The van der Waals surface area contributed by atoms with Gasteiger partial charge in [-0.05, 0) is 26.3 Å². The number of carbonyl (C=O) groups is 2. The molecule has 2 amide bonds. The Hall–Kier alpha value is -1.10. The first-order chi connectivity index (χ1) is 8.95. The summed E-state index contributed by atoms with van der Waals surface area (Å²) in [7, 11) is 3.39. The van der Waals surface area contributed by atoms with Crippen LogP contribution in [0.2, 0.25) is 0 Å². The predicted molar refractivity (Wildman–Crippen MR) is 75.8 cm³/mol. The zero-order valence-corrected chi connectivity index (χ0v) is 12.6. The molecule has 1 atom stereocenters. The SMILES string of the molecule is CCN(CC(=O)NC(C)C(=O)N(C)C)C1CCCC1. The first-order valence-corrected chi connectivity index (χ1v) is 7.20. The Balaban J connectivity index is 2.42. The van der Waals surface area contributed by atoms with E-state index >= 15 is 0 Å². The van der Waals surface area contributed by atoms with Crippen molar-refractivity contribution in [2.24, 2.45) is 0 Å². The van der Waals surface area contributed by atoms with E-state index in [-0.39, 0.29) is 11.8 Å². The molecule has 1 unspecified atom stereocenters. The number of likely N-dealkylation sites (N-methyl/N-ethyl adjacent to an activating group) is 2. The highest BCUT2D eigenvalue weighted by Crippen LogP contribution is 2.22. The molecule has 5 heteroatoms. The summed E-state index contributed by atoms with van der Waals surface area (Å²) >= 11 is 0. The molecule has 0 heterocycles. The third-order valence-corrected chi connectivity index (χ3v) is 3.78. The van der Waals surface area contributed by atoms with Gasteiger partial charge in [-0.3, -0.25) is 14.5 Å². The average molecular weight is 269 g/mol. The van der Waals surface area contributed by atoms with Gasteiger partial charge in [0.25, 0.3) is 0 Å². The molecule has 0 radical (unpaired) electrons. The molecule has 1 fully saturated rings. The molecule has 1 rings (SSSR count). The Morgan fingerprint density at radius 3 is 2.32 bits per heavy atom. The number of hydrogen-bond acceptors (Lipinski definition) is 3. The van der Waals surface area contributed by atoms with Gasteiger partial charge in [-0.1, -0.05) is 19.8 Å². The second-order valence-electron chi connectivity index (χ2n) is 5.52. The molecule has 1 N–H and O–H groups in total. The maximum absolute atomic E-state index is 12.0. The Labute approximate surface area is 116 Å². The van der Waals surface area contributed by atoms with Crippen molar-refractivity contribution in [3.05, 3.63) is 0 Å². The molecule has 0 aromatic rings. The minimum absolute atomic E-state index is 0.0588. The summed E-state index contributed by atoms with van der Waals surface area (Å²) in [5.74, 6) is -0.131. The van der Waals surface area contributed by atoms with Crippen LogP contribution in [0.15, 0.2) is 0 Å². The third-order valence-electron chi connectivity index (χ3n) is 3.78. The van der Waals surface area contributed by atoms with Gasteiger partial charge in [0.15, 0.2) is 0 Å². The van der Waals surface area contributed by atoms with Crippen LogP contribution in [0.1, 0.15) is 39.5 Å². The predicted octanol–water partition coefficient (Wildman–Crippen LogP) is 0.844. The fraction of sp³-hybridized carbons (Fsp3) is 0.857. The van der Waals surface area contributed by atoms with E-state index in [0.717, 1.165) is 6.54 Å². The third kappa shape index (κ3) is 4.82. The molecule has 0 bridgehead atoms. The monoisotopic (exact) mass is 269 g/mol. The van der Waals surface area contributed by atoms with E-state index in [1.807, 2.05) is 0 Å². The highest BCUT2D eigenvalue weighted by Gasteiger charge is 2.24. The Bertz CT molecular complexity index is 312. The fourth-order valence-electron chi connectivity index (χ4n) is 2.69. The summed E-state index contributed by atoms with van der Waals surface area (Å²) in [6, 6.07) is 0.0837. The second-order valence-corrected chi connectivity index (χ2v) is 5.52. The van der Waals surface area contributed by atoms with Crippen LogP contribution in [0, 0.1) is 0 Å². The standard InChI is InChI=1S/C14H27N3O2/c1-5-17(12-8-6-7-9-12)10-13(18)15-11(2)14(19)16(3)4/h11-12H,5-10H2,1-4H3,(H,15,18). The van der Waals surface area contributed by atoms with Gasteiger partial charge in [0.1, 0.15) is 6.04 Å². The highest BCUT2D eigenvalue weighted by molar-refractivity contribution is 5.87. The molecule has 1 aliphatic rings. The van der Waals surface area contributed by atoms with Crippen molar-refractivity contribution in [2.45, 2.75) is 51.6 Å². The van der Waals surface area contributed by atoms with E-state index in [2.05, 4.69) is 17.1 Å². The Morgan fingerprint density at radius 2 is 1.84 bits per heavy atom. The zero-order valence-electron chi connectivity index (χ0n) is 12.6.